The second-order valence-corrected chi connectivity index (χ2v) is 5.40. The zero-order valence-electron chi connectivity index (χ0n) is 9.53. The van der Waals surface area contributed by atoms with E-state index in [1.807, 2.05) is 18.2 Å². The number of benzene rings is 1. The van der Waals surface area contributed by atoms with Gasteiger partial charge in [-0.2, -0.15) is 0 Å². The molecular weight excluding hydrogens is 282 g/mol. The first kappa shape index (κ1) is 12.6. The van der Waals surface area contributed by atoms with Crippen LogP contribution in [0, 0.1) is 0 Å². The van der Waals surface area contributed by atoms with E-state index in [0.29, 0.717) is 5.56 Å². The quantitative estimate of drug-likeness (QED) is 0.881. The standard InChI is InChI=1S/C13H16BrNO2/c14-10-3-1-2-9(8-10)13(17)15-11-4-6-12(16)7-5-11/h1-3,8,11-12,16H,4-7H2,(H,15,17). The van der Waals surface area contributed by atoms with Crippen LogP contribution in [0.1, 0.15) is 36.0 Å². The van der Waals surface area contributed by atoms with Crippen molar-refractivity contribution in [1.29, 1.82) is 0 Å². The van der Waals surface area contributed by atoms with Crippen molar-refractivity contribution in [2.45, 2.75) is 37.8 Å². The van der Waals surface area contributed by atoms with Gasteiger partial charge in [0.25, 0.3) is 5.91 Å². The summed E-state index contributed by atoms with van der Waals surface area (Å²) in [6.07, 6.45) is 3.10. The normalized spacial score (nSPS) is 24.4. The lowest BCUT2D eigenvalue weighted by Gasteiger charge is -2.26. The predicted octanol–water partition coefficient (Wildman–Crippen LogP) is 2.48. The van der Waals surface area contributed by atoms with Gasteiger partial charge in [-0.1, -0.05) is 22.0 Å². The van der Waals surface area contributed by atoms with Gasteiger partial charge >= 0.3 is 0 Å². The minimum atomic E-state index is -0.186. The molecule has 0 unspecified atom stereocenters. The molecule has 0 saturated heterocycles. The number of aliphatic hydroxyl groups excluding tert-OH is 1. The monoisotopic (exact) mass is 297 g/mol. The van der Waals surface area contributed by atoms with Crippen LogP contribution in [0.2, 0.25) is 0 Å². The summed E-state index contributed by atoms with van der Waals surface area (Å²) in [6, 6.07) is 7.56. The van der Waals surface area contributed by atoms with Crippen molar-refractivity contribution in [2.75, 3.05) is 0 Å². The third-order valence-corrected chi connectivity index (χ3v) is 3.61. The van der Waals surface area contributed by atoms with Crippen LogP contribution in [-0.2, 0) is 0 Å². The molecule has 1 aromatic rings. The summed E-state index contributed by atoms with van der Waals surface area (Å²) >= 11 is 3.35. The number of carbonyl (C=O) groups excluding carboxylic acids is 1. The molecule has 17 heavy (non-hydrogen) atoms. The van der Waals surface area contributed by atoms with E-state index in [9.17, 15) is 9.90 Å². The topological polar surface area (TPSA) is 49.3 Å². The third kappa shape index (κ3) is 3.54. The number of hydrogen-bond acceptors (Lipinski definition) is 2. The van der Waals surface area contributed by atoms with Crippen LogP contribution in [0.5, 0.6) is 0 Å². The van der Waals surface area contributed by atoms with Gasteiger partial charge in [0.05, 0.1) is 6.10 Å². The molecule has 0 radical (unpaired) electrons. The number of rotatable bonds is 2. The molecule has 3 nitrogen and oxygen atoms in total. The molecule has 1 aliphatic carbocycles. The lowest BCUT2D eigenvalue weighted by Crippen LogP contribution is -2.38. The van der Waals surface area contributed by atoms with E-state index < -0.39 is 0 Å². The zero-order valence-corrected chi connectivity index (χ0v) is 11.1. The van der Waals surface area contributed by atoms with Crippen LogP contribution >= 0.6 is 15.9 Å². The minimum Gasteiger partial charge on any atom is -0.393 e. The fourth-order valence-corrected chi connectivity index (χ4v) is 2.52. The first-order chi connectivity index (χ1) is 8.15. The molecule has 92 valence electrons. The lowest BCUT2D eigenvalue weighted by molar-refractivity contribution is 0.0867. The van der Waals surface area contributed by atoms with Crippen molar-refractivity contribution in [2.24, 2.45) is 0 Å². The van der Waals surface area contributed by atoms with Gasteiger partial charge in [-0.05, 0) is 43.9 Å². The highest BCUT2D eigenvalue weighted by Crippen LogP contribution is 2.19. The Morgan fingerprint density at radius 2 is 2.00 bits per heavy atom. The number of amides is 1. The van der Waals surface area contributed by atoms with E-state index in [-0.39, 0.29) is 18.1 Å². The molecule has 2 rings (SSSR count). The Morgan fingerprint density at radius 1 is 1.29 bits per heavy atom. The molecule has 0 atom stereocenters. The maximum Gasteiger partial charge on any atom is 0.251 e. The lowest BCUT2D eigenvalue weighted by atomic mass is 9.93. The number of hydrogen-bond donors (Lipinski definition) is 2. The van der Waals surface area contributed by atoms with E-state index in [0.717, 1.165) is 30.2 Å². The SMILES string of the molecule is O=C(NC1CCC(O)CC1)c1cccc(Br)c1. The summed E-state index contributed by atoms with van der Waals surface area (Å²) in [7, 11) is 0. The van der Waals surface area contributed by atoms with Gasteiger partial charge in [-0.3, -0.25) is 4.79 Å². The van der Waals surface area contributed by atoms with E-state index >= 15 is 0 Å². The summed E-state index contributed by atoms with van der Waals surface area (Å²) in [5.41, 5.74) is 0.672. The average Bonchev–Trinajstić information content (AvgIpc) is 2.32. The van der Waals surface area contributed by atoms with Crippen molar-refractivity contribution in [3.63, 3.8) is 0 Å². The van der Waals surface area contributed by atoms with Crippen LogP contribution in [0.15, 0.2) is 28.7 Å². The van der Waals surface area contributed by atoms with Gasteiger partial charge in [0.15, 0.2) is 0 Å². The third-order valence-electron chi connectivity index (χ3n) is 3.12. The van der Waals surface area contributed by atoms with Gasteiger partial charge in [0, 0.05) is 16.1 Å². The summed E-state index contributed by atoms with van der Waals surface area (Å²) < 4.78 is 0.907. The average molecular weight is 298 g/mol. The number of nitrogens with one attached hydrogen (secondary N) is 1. The molecule has 1 aliphatic rings. The second kappa shape index (κ2) is 5.65. The molecular formula is C13H16BrNO2. The Balaban J connectivity index is 1.93. The molecule has 0 bridgehead atoms. The van der Waals surface area contributed by atoms with Gasteiger partial charge < -0.3 is 10.4 Å². The molecule has 1 amide bonds. The Morgan fingerprint density at radius 3 is 2.65 bits per heavy atom. The summed E-state index contributed by atoms with van der Waals surface area (Å²) in [4.78, 5) is 12.0. The Labute approximate surface area is 109 Å². The molecule has 1 fully saturated rings. The number of carbonyl (C=O) groups is 1. The smallest absolute Gasteiger partial charge is 0.251 e. The van der Waals surface area contributed by atoms with E-state index in [2.05, 4.69) is 21.2 Å². The van der Waals surface area contributed by atoms with Crippen molar-refractivity contribution in [3.8, 4) is 0 Å². The highest BCUT2D eigenvalue weighted by molar-refractivity contribution is 9.10. The summed E-state index contributed by atoms with van der Waals surface area (Å²) in [5.74, 6) is -0.0345. The van der Waals surface area contributed by atoms with Crippen molar-refractivity contribution < 1.29 is 9.90 Å². The second-order valence-electron chi connectivity index (χ2n) is 4.49. The number of aliphatic hydroxyl groups is 1. The highest BCUT2D eigenvalue weighted by Gasteiger charge is 2.21. The molecule has 1 saturated carbocycles. The summed E-state index contributed by atoms with van der Waals surface area (Å²) in [6.45, 7) is 0. The van der Waals surface area contributed by atoms with Crippen LogP contribution in [0.3, 0.4) is 0 Å². The fraction of sp³-hybridized carbons (Fsp3) is 0.462. The largest absolute Gasteiger partial charge is 0.393 e. The van der Waals surface area contributed by atoms with Crippen molar-refractivity contribution in [1.82, 2.24) is 5.32 Å². The fourth-order valence-electron chi connectivity index (χ4n) is 2.12. The van der Waals surface area contributed by atoms with Crippen LogP contribution < -0.4 is 5.32 Å². The first-order valence-electron chi connectivity index (χ1n) is 5.89. The van der Waals surface area contributed by atoms with Gasteiger partial charge in [0.2, 0.25) is 0 Å². The van der Waals surface area contributed by atoms with Crippen LogP contribution in [0.25, 0.3) is 0 Å². The molecule has 4 heteroatoms. The molecule has 0 aliphatic heterocycles. The zero-order chi connectivity index (χ0) is 12.3. The van der Waals surface area contributed by atoms with Gasteiger partial charge in [-0.15, -0.1) is 0 Å². The molecule has 0 heterocycles. The van der Waals surface area contributed by atoms with Gasteiger partial charge in [0.1, 0.15) is 0 Å². The predicted molar refractivity (Wildman–Crippen MR) is 69.9 cm³/mol. The maximum absolute atomic E-state index is 12.0. The molecule has 0 spiro atoms. The molecule has 2 N–H and O–H groups in total. The Hall–Kier alpha value is -0.870. The van der Waals surface area contributed by atoms with E-state index in [1.165, 1.54) is 0 Å². The van der Waals surface area contributed by atoms with Crippen molar-refractivity contribution in [3.05, 3.63) is 34.3 Å². The summed E-state index contributed by atoms with van der Waals surface area (Å²) in [5, 5.41) is 12.4. The molecule has 1 aromatic carbocycles. The Kier molecular flexibility index (Phi) is 4.18. The van der Waals surface area contributed by atoms with Crippen LogP contribution in [-0.4, -0.2) is 23.2 Å². The molecule has 0 aromatic heterocycles. The first-order valence-corrected chi connectivity index (χ1v) is 6.69. The maximum atomic E-state index is 12.0. The van der Waals surface area contributed by atoms with Crippen LogP contribution in [0.4, 0.5) is 0 Å². The number of halogens is 1. The van der Waals surface area contributed by atoms with Gasteiger partial charge in [-0.25, -0.2) is 0 Å². The highest BCUT2D eigenvalue weighted by atomic mass is 79.9. The van der Waals surface area contributed by atoms with E-state index in [4.69, 9.17) is 0 Å². The Bertz CT molecular complexity index is 400. The van der Waals surface area contributed by atoms with E-state index in [1.54, 1.807) is 6.07 Å². The van der Waals surface area contributed by atoms with Crippen molar-refractivity contribution >= 4 is 21.8 Å². The minimum absolute atomic E-state index is 0.0345.